The smallest absolute Gasteiger partial charge is 0.425 e. The second kappa shape index (κ2) is 4.77. The Morgan fingerprint density at radius 3 is 2.56 bits per heavy atom. The molecule has 90 valence electrons. The van der Waals surface area contributed by atoms with E-state index in [1.807, 2.05) is 0 Å². The number of thioether (sulfide) groups is 1. The lowest BCUT2D eigenvalue weighted by atomic mass is 10.4. The monoisotopic (exact) mass is 253 g/mol. The first-order chi connectivity index (χ1) is 7.32. The van der Waals surface area contributed by atoms with Gasteiger partial charge in [0.15, 0.2) is 11.3 Å². The first-order valence-electron chi connectivity index (χ1n) is 4.25. The van der Waals surface area contributed by atoms with Gasteiger partial charge in [0.1, 0.15) is 5.82 Å². The lowest BCUT2D eigenvalue weighted by Crippen LogP contribution is -2.31. The average Bonchev–Trinajstić information content (AvgIpc) is 2.15. The Hall–Kier alpha value is -1.18. The van der Waals surface area contributed by atoms with E-state index >= 15 is 0 Å². The van der Waals surface area contributed by atoms with E-state index in [4.69, 9.17) is 5.73 Å². The summed E-state index contributed by atoms with van der Waals surface area (Å²) in [6.45, 7) is 0.900. The zero-order chi connectivity index (χ0) is 12.3. The predicted molar refractivity (Wildman–Crippen MR) is 54.4 cm³/mol. The minimum absolute atomic E-state index is 0.0729. The number of anilines is 1. The summed E-state index contributed by atoms with van der Waals surface area (Å²) in [7, 11) is 0. The fraction of sp³-hybridized carbons (Fsp3) is 0.500. The number of hydrogen-bond donors (Lipinski definition) is 1. The van der Waals surface area contributed by atoms with Gasteiger partial charge >= 0.3 is 6.18 Å². The van der Waals surface area contributed by atoms with Crippen LogP contribution in [0.15, 0.2) is 11.2 Å². The zero-order valence-corrected chi connectivity index (χ0v) is 9.39. The van der Waals surface area contributed by atoms with E-state index in [9.17, 15) is 13.2 Å². The number of nitrogens with two attached hydrogens (primary N) is 1. The van der Waals surface area contributed by atoms with Gasteiger partial charge in [0.25, 0.3) is 0 Å². The van der Waals surface area contributed by atoms with Crippen LogP contribution in [0.5, 0.6) is 5.88 Å². The molecule has 0 saturated carbocycles. The molecule has 0 bridgehead atoms. The topological polar surface area (TPSA) is 61.0 Å². The molecule has 0 spiro atoms. The lowest BCUT2D eigenvalue weighted by molar-refractivity contribution is -0.190. The molecule has 0 aliphatic rings. The Labute approximate surface area is 94.4 Å². The van der Waals surface area contributed by atoms with Crippen molar-refractivity contribution in [2.75, 3.05) is 12.0 Å². The molecule has 1 rings (SSSR count). The maximum atomic E-state index is 12.2. The van der Waals surface area contributed by atoms with E-state index in [1.165, 1.54) is 11.8 Å². The summed E-state index contributed by atoms with van der Waals surface area (Å²) >= 11 is 1.17. The van der Waals surface area contributed by atoms with E-state index in [0.29, 0.717) is 0 Å². The summed E-state index contributed by atoms with van der Waals surface area (Å²) in [6.07, 6.45) is -4.68. The molecular formula is C8H10F3N3OS. The van der Waals surface area contributed by atoms with Crippen LogP contribution in [-0.4, -0.2) is 28.5 Å². The van der Waals surface area contributed by atoms with Gasteiger partial charge in [-0.3, -0.25) is 0 Å². The summed E-state index contributed by atoms with van der Waals surface area (Å²) in [6, 6.07) is 1.15. The molecule has 1 aromatic rings. The van der Waals surface area contributed by atoms with Crippen LogP contribution in [0.3, 0.4) is 0 Å². The van der Waals surface area contributed by atoms with E-state index in [2.05, 4.69) is 14.7 Å². The molecule has 1 unspecified atom stereocenters. The maximum Gasteiger partial charge on any atom is 0.425 e. The van der Waals surface area contributed by atoms with Crippen molar-refractivity contribution >= 4 is 17.6 Å². The summed E-state index contributed by atoms with van der Waals surface area (Å²) in [4.78, 5) is 7.55. The quantitative estimate of drug-likeness (QED) is 0.660. The highest BCUT2D eigenvalue weighted by molar-refractivity contribution is 7.98. The highest BCUT2D eigenvalue weighted by Gasteiger charge is 2.38. The van der Waals surface area contributed by atoms with Crippen LogP contribution in [0.2, 0.25) is 0 Å². The normalized spacial score (nSPS) is 13.6. The molecule has 1 aromatic heterocycles. The average molecular weight is 253 g/mol. The minimum atomic E-state index is -4.43. The van der Waals surface area contributed by atoms with Crippen molar-refractivity contribution in [3.63, 3.8) is 0 Å². The molecular weight excluding hydrogens is 243 g/mol. The number of alkyl halides is 3. The van der Waals surface area contributed by atoms with Gasteiger partial charge in [-0.2, -0.15) is 18.2 Å². The largest absolute Gasteiger partial charge is 0.465 e. The minimum Gasteiger partial charge on any atom is -0.465 e. The molecule has 0 saturated heterocycles. The van der Waals surface area contributed by atoms with Gasteiger partial charge in [0.05, 0.1) is 0 Å². The molecule has 0 aliphatic carbocycles. The van der Waals surface area contributed by atoms with Crippen LogP contribution >= 0.6 is 11.8 Å². The Bertz CT molecular complexity index is 372. The first-order valence-corrected chi connectivity index (χ1v) is 5.47. The molecule has 1 atom stereocenters. The van der Waals surface area contributed by atoms with Gasteiger partial charge in [0.2, 0.25) is 5.88 Å². The first kappa shape index (κ1) is 12.9. The van der Waals surface area contributed by atoms with Gasteiger partial charge in [-0.25, -0.2) is 4.98 Å². The highest BCUT2D eigenvalue weighted by Crippen LogP contribution is 2.25. The highest BCUT2D eigenvalue weighted by atomic mass is 32.2. The molecule has 8 heteroatoms. The second-order valence-electron chi connectivity index (χ2n) is 2.92. The van der Waals surface area contributed by atoms with Gasteiger partial charge in [-0.05, 0) is 13.2 Å². The van der Waals surface area contributed by atoms with Crippen molar-refractivity contribution in [3.8, 4) is 5.88 Å². The molecule has 4 nitrogen and oxygen atoms in total. The summed E-state index contributed by atoms with van der Waals surface area (Å²) in [5, 5.41) is 0.268. The number of ether oxygens (including phenoxy) is 1. The molecule has 0 radical (unpaired) electrons. The van der Waals surface area contributed by atoms with Crippen molar-refractivity contribution in [2.45, 2.75) is 24.4 Å². The van der Waals surface area contributed by atoms with Crippen molar-refractivity contribution in [2.24, 2.45) is 0 Å². The van der Waals surface area contributed by atoms with Crippen molar-refractivity contribution in [3.05, 3.63) is 6.07 Å². The fourth-order valence-corrected chi connectivity index (χ4v) is 1.20. The van der Waals surface area contributed by atoms with Crippen molar-refractivity contribution in [1.29, 1.82) is 0 Å². The Kier molecular flexibility index (Phi) is 3.84. The Morgan fingerprint density at radius 2 is 2.06 bits per heavy atom. The van der Waals surface area contributed by atoms with Crippen LogP contribution in [0.4, 0.5) is 19.0 Å². The molecule has 1 heterocycles. The molecule has 0 aliphatic heterocycles. The maximum absolute atomic E-state index is 12.2. The van der Waals surface area contributed by atoms with Crippen LogP contribution < -0.4 is 10.5 Å². The van der Waals surface area contributed by atoms with E-state index < -0.39 is 12.3 Å². The number of aromatic nitrogens is 2. The third-order valence-electron chi connectivity index (χ3n) is 1.64. The lowest BCUT2D eigenvalue weighted by Gasteiger charge is -2.17. The van der Waals surface area contributed by atoms with Crippen LogP contribution in [0.1, 0.15) is 6.92 Å². The summed E-state index contributed by atoms with van der Waals surface area (Å²) in [5.74, 6) is -0.106. The van der Waals surface area contributed by atoms with Gasteiger partial charge in [0, 0.05) is 6.07 Å². The molecule has 0 aromatic carbocycles. The van der Waals surface area contributed by atoms with Crippen molar-refractivity contribution < 1.29 is 17.9 Å². The SMILES string of the molecule is CSc1nc(N)cc(OC(C)C(F)(F)F)n1. The Morgan fingerprint density at radius 1 is 1.44 bits per heavy atom. The predicted octanol–water partition coefficient (Wildman–Crippen LogP) is 2.11. The molecule has 0 fully saturated rings. The fourth-order valence-electron chi connectivity index (χ4n) is 0.820. The van der Waals surface area contributed by atoms with E-state index in [0.717, 1.165) is 13.0 Å². The van der Waals surface area contributed by atoms with E-state index in [-0.39, 0.29) is 16.9 Å². The number of halogens is 3. The van der Waals surface area contributed by atoms with Gasteiger partial charge in [-0.15, -0.1) is 0 Å². The van der Waals surface area contributed by atoms with Crippen molar-refractivity contribution in [1.82, 2.24) is 9.97 Å². The van der Waals surface area contributed by atoms with Crippen LogP contribution in [0.25, 0.3) is 0 Å². The van der Waals surface area contributed by atoms with E-state index in [1.54, 1.807) is 6.26 Å². The Balaban J connectivity index is 2.85. The summed E-state index contributed by atoms with van der Waals surface area (Å²) in [5.41, 5.74) is 5.39. The second-order valence-corrected chi connectivity index (χ2v) is 3.69. The number of rotatable bonds is 3. The summed E-state index contributed by atoms with van der Waals surface area (Å²) < 4.78 is 41.3. The molecule has 0 amide bonds. The molecule has 2 N–H and O–H groups in total. The third-order valence-corrected chi connectivity index (χ3v) is 2.19. The third kappa shape index (κ3) is 3.44. The van der Waals surface area contributed by atoms with Gasteiger partial charge in [-0.1, -0.05) is 11.8 Å². The molecule has 16 heavy (non-hydrogen) atoms. The number of nitrogen functional groups attached to an aromatic ring is 1. The van der Waals surface area contributed by atoms with Gasteiger partial charge < -0.3 is 10.5 Å². The zero-order valence-electron chi connectivity index (χ0n) is 8.58. The standard InChI is InChI=1S/C8H10F3N3OS/c1-4(8(9,10)11)15-6-3-5(12)13-7(14-6)16-2/h3-4H,1-2H3,(H2,12,13,14). The number of nitrogens with zero attached hydrogens (tertiary/aromatic N) is 2. The van der Waals surface area contributed by atoms with Crippen LogP contribution in [0, 0.1) is 0 Å². The van der Waals surface area contributed by atoms with Crippen LogP contribution in [-0.2, 0) is 0 Å². The number of hydrogen-bond acceptors (Lipinski definition) is 5.